The SMILES string of the molecule is CC1=C(Br)C(=N/C(=N/S(=O)(=O)c2ccc(C)cc2)c2ccccc2)C(Br)=C(C)C1=O. The molecule has 5 nitrogen and oxygen atoms in total. The maximum atomic E-state index is 13.0. The maximum Gasteiger partial charge on any atom is 0.284 e. The molecule has 0 bridgehead atoms. The van der Waals surface area contributed by atoms with Crippen molar-refractivity contribution in [3.05, 3.63) is 85.8 Å². The molecule has 3 rings (SSSR count). The molecular weight excluding hydrogens is 532 g/mol. The van der Waals surface area contributed by atoms with E-state index in [1.54, 1.807) is 50.2 Å². The Balaban J connectivity index is 2.23. The molecule has 0 heterocycles. The normalized spacial score (nSPS) is 15.7. The number of carbonyl (C=O) groups excluding carboxylic acids is 1. The zero-order valence-electron chi connectivity index (χ0n) is 16.5. The van der Waals surface area contributed by atoms with Gasteiger partial charge in [-0.3, -0.25) is 4.79 Å². The molecule has 8 heteroatoms. The van der Waals surface area contributed by atoms with Crippen LogP contribution in [0.15, 0.2) is 89.0 Å². The highest BCUT2D eigenvalue weighted by atomic mass is 79.9. The van der Waals surface area contributed by atoms with E-state index < -0.39 is 10.0 Å². The van der Waals surface area contributed by atoms with Crippen molar-refractivity contribution in [2.45, 2.75) is 25.7 Å². The summed E-state index contributed by atoms with van der Waals surface area (Å²) in [5.41, 5.74) is 2.87. The summed E-state index contributed by atoms with van der Waals surface area (Å²) in [6, 6.07) is 15.3. The Kier molecular flexibility index (Phi) is 6.69. The summed E-state index contributed by atoms with van der Waals surface area (Å²) in [5, 5.41) is 0. The Morgan fingerprint density at radius 3 is 1.90 bits per heavy atom. The molecule has 0 radical (unpaired) electrons. The molecule has 0 fully saturated rings. The van der Waals surface area contributed by atoms with Gasteiger partial charge in [0.15, 0.2) is 11.6 Å². The highest BCUT2D eigenvalue weighted by Crippen LogP contribution is 2.32. The molecule has 0 aromatic heterocycles. The molecule has 0 unspecified atom stereocenters. The van der Waals surface area contributed by atoms with Gasteiger partial charge in [-0.2, -0.15) is 8.42 Å². The minimum absolute atomic E-state index is 0.0232. The standard InChI is InChI=1S/C22H18Br2N2O3S/c1-13-9-11-17(12-10-13)30(28,29)26-22(16-7-5-4-6-8-16)25-20-18(23)14(2)21(27)15(3)19(20)24/h4-12H,1-3H3/b26-22+. The number of carbonyl (C=O) groups is 1. The van der Waals surface area contributed by atoms with Crippen LogP contribution in [0.1, 0.15) is 25.0 Å². The van der Waals surface area contributed by atoms with Gasteiger partial charge in [0.25, 0.3) is 10.0 Å². The Hall–Kier alpha value is -2.16. The topological polar surface area (TPSA) is 75.9 Å². The lowest BCUT2D eigenvalue weighted by atomic mass is 9.98. The molecule has 30 heavy (non-hydrogen) atoms. The Morgan fingerprint density at radius 1 is 0.833 bits per heavy atom. The third-order valence-electron chi connectivity index (χ3n) is 4.53. The summed E-state index contributed by atoms with van der Waals surface area (Å²) in [6.07, 6.45) is 0. The van der Waals surface area contributed by atoms with E-state index in [1.165, 1.54) is 12.1 Å². The van der Waals surface area contributed by atoms with E-state index in [0.29, 0.717) is 31.4 Å². The first-order valence-electron chi connectivity index (χ1n) is 8.95. The van der Waals surface area contributed by atoms with E-state index in [4.69, 9.17) is 0 Å². The van der Waals surface area contributed by atoms with Gasteiger partial charge in [-0.15, -0.1) is 4.40 Å². The van der Waals surface area contributed by atoms with Crippen LogP contribution in [0.3, 0.4) is 0 Å². The lowest BCUT2D eigenvalue weighted by molar-refractivity contribution is -0.112. The number of Topliss-reactive ketones (excluding diaryl/α,β-unsaturated/α-hetero) is 1. The summed E-state index contributed by atoms with van der Waals surface area (Å²) in [5.74, 6) is -0.0896. The average molecular weight is 550 g/mol. The van der Waals surface area contributed by atoms with Gasteiger partial charge in [0.05, 0.1) is 19.6 Å². The summed E-state index contributed by atoms with van der Waals surface area (Å²) in [7, 11) is -4.00. The van der Waals surface area contributed by atoms with Crippen molar-refractivity contribution in [3.8, 4) is 0 Å². The van der Waals surface area contributed by atoms with Crippen LogP contribution in [-0.4, -0.2) is 25.7 Å². The van der Waals surface area contributed by atoms with Crippen molar-refractivity contribution in [1.82, 2.24) is 0 Å². The second kappa shape index (κ2) is 8.91. The van der Waals surface area contributed by atoms with Crippen LogP contribution >= 0.6 is 31.9 Å². The van der Waals surface area contributed by atoms with E-state index in [1.807, 2.05) is 13.0 Å². The number of hydrogen-bond acceptors (Lipinski definition) is 3. The molecule has 0 atom stereocenters. The molecule has 0 amide bonds. The van der Waals surface area contributed by atoms with Gasteiger partial charge in [0.2, 0.25) is 0 Å². The van der Waals surface area contributed by atoms with Crippen molar-refractivity contribution >= 4 is 59.2 Å². The molecule has 0 aliphatic heterocycles. The highest BCUT2D eigenvalue weighted by molar-refractivity contribution is 9.13. The van der Waals surface area contributed by atoms with Crippen LogP contribution < -0.4 is 0 Å². The first kappa shape index (κ1) is 22.5. The summed E-state index contributed by atoms with van der Waals surface area (Å²) in [6.45, 7) is 5.25. The van der Waals surface area contributed by atoms with Crippen molar-refractivity contribution < 1.29 is 13.2 Å². The zero-order chi connectivity index (χ0) is 22.1. The van der Waals surface area contributed by atoms with Gasteiger partial charge >= 0.3 is 0 Å². The minimum Gasteiger partial charge on any atom is -0.289 e. The van der Waals surface area contributed by atoms with Crippen LogP contribution in [0.25, 0.3) is 0 Å². The van der Waals surface area contributed by atoms with E-state index in [9.17, 15) is 13.2 Å². The molecular formula is C22H18Br2N2O3S. The fraction of sp³-hybridized carbons (Fsp3) is 0.136. The van der Waals surface area contributed by atoms with Crippen molar-refractivity contribution in [1.29, 1.82) is 0 Å². The number of benzene rings is 2. The number of aliphatic imine (C=N–C) groups is 1. The highest BCUT2D eigenvalue weighted by Gasteiger charge is 2.27. The van der Waals surface area contributed by atoms with Crippen molar-refractivity contribution in [2.24, 2.45) is 9.39 Å². The Morgan fingerprint density at radius 2 is 1.37 bits per heavy atom. The average Bonchev–Trinajstić information content (AvgIpc) is 2.74. The van der Waals surface area contributed by atoms with Gasteiger partial charge < -0.3 is 0 Å². The number of amidine groups is 1. The van der Waals surface area contributed by atoms with Crippen molar-refractivity contribution in [2.75, 3.05) is 0 Å². The van der Waals surface area contributed by atoms with Gasteiger partial charge in [-0.25, -0.2) is 4.99 Å². The van der Waals surface area contributed by atoms with Crippen LogP contribution in [0.5, 0.6) is 0 Å². The lowest BCUT2D eigenvalue weighted by Crippen LogP contribution is -2.19. The number of allylic oxidation sites excluding steroid dienone is 4. The third-order valence-corrected chi connectivity index (χ3v) is 7.75. The fourth-order valence-corrected chi connectivity index (χ4v) is 4.90. The molecule has 0 saturated heterocycles. The molecule has 154 valence electrons. The molecule has 2 aromatic carbocycles. The van der Waals surface area contributed by atoms with Gasteiger partial charge in [0.1, 0.15) is 0 Å². The molecule has 0 saturated carbocycles. The molecule has 0 spiro atoms. The van der Waals surface area contributed by atoms with Crippen molar-refractivity contribution in [3.63, 3.8) is 0 Å². The second-order valence-corrected chi connectivity index (χ2v) is 9.93. The monoisotopic (exact) mass is 548 g/mol. The zero-order valence-corrected chi connectivity index (χ0v) is 20.5. The largest absolute Gasteiger partial charge is 0.289 e. The van der Waals surface area contributed by atoms with E-state index in [0.717, 1.165) is 5.56 Å². The number of rotatable bonds is 3. The Labute approximate surface area is 192 Å². The van der Waals surface area contributed by atoms with E-state index in [-0.39, 0.29) is 16.5 Å². The predicted octanol–water partition coefficient (Wildman–Crippen LogP) is 5.49. The molecule has 0 N–H and O–H groups in total. The fourth-order valence-electron chi connectivity index (χ4n) is 2.74. The second-order valence-electron chi connectivity index (χ2n) is 6.74. The Bertz CT molecular complexity index is 1210. The first-order valence-corrected chi connectivity index (χ1v) is 12.0. The predicted molar refractivity (Wildman–Crippen MR) is 127 cm³/mol. The third kappa shape index (κ3) is 4.61. The molecule has 2 aromatic rings. The van der Waals surface area contributed by atoms with Gasteiger partial charge in [0, 0.05) is 16.7 Å². The number of aryl methyl sites for hydroxylation is 1. The maximum absolute atomic E-state index is 13.0. The van der Waals surface area contributed by atoms with Crippen LogP contribution in [-0.2, 0) is 14.8 Å². The van der Waals surface area contributed by atoms with E-state index >= 15 is 0 Å². The number of ketones is 1. The first-order chi connectivity index (χ1) is 14.1. The minimum atomic E-state index is -4.00. The molecule has 1 aliphatic carbocycles. The van der Waals surface area contributed by atoms with E-state index in [2.05, 4.69) is 41.3 Å². The smallest absolute Gasteiger partial charge is 0.284 e. The summed E-state index contributed by atoms with van der Waals surface area (Å²) in [4.78, 5) is 17.0. The van der Waals surface area contributed by atoms with Gasteiger partial charge in [-0.05, 0) is 64.8 Å². The number of hydrogen-bond donors (Lipinski definition) is 0. The van der Waals surface area contributed by atoms with Crippen LogP contribution in [0.4, 0.5) is 0 Å². The summed E-state index contributed by atoms with van der Waals surface area (Å²) >= 11 is 6.84. The van der Waals surface area contributed by atoms with Crippen LogP contribution in [0, 0.1) is 6.92 Å². The van der Waals surface area contributed by atoms with Gasteiger partial charge in [-0.1, -0.05) is 48.0 Å². The summed E-state index contributed by atoms with van der Waals surface area (Å²) < 4.78 is 30.9. The number of halogens is 2. The quantitative estimate of drug-likeness (QED) is 0.288. The number of nitrogens with zero attached hydrogens (tertiary/aromatic N) is 2. The molecule has 1 aliphatic rings. The lowest BCUT2D eigenvalue weighted by Gasteiger charge is -2.17. The van der Waals surface area contributed by atoms with Crippen LogP contribution in [0.2, 0.25) is 0 Å². The number of sulfonamides is 1.